The number of carbonyl (C=O) groups excluding carboxylic acids is 2. The van der Waals surface area contributed by atoms with Gasteiger partial charge in [-0.1, -0.05) is 12.1 Å². The first-order valence-corrected chi connectivity index (χ1v) is 11.3. The molecule has 3 fully saturated rings. The van der Waals surface area contributed by atoms with Crippen LogP contribution in [0, 0.1) is 16.0 Å². The third-order valence-corrected chi connectivity index (χ3v) is 6.99. The van der Waals surface area contributed by atoms with Gasteiger partial charge in [0, 0.05) is 41.2 Å². The van der Waals surface area contributed by atoms with E-state index in [0.29, 0.717) is 16.9 Å². The van der Waals surface area contributed by atoms with Crippen LogP contribution in [0.25, 0.3) is 16.9 Å². The first kappa shape index (κ1) is 21.7. The van der Waals surface area contributed by atoms with E-state index < -0.39 is 33.5 Å². The average molecular weight is 485 g/mol. The number of nitro groups is 1. The summed E-state index contributed by atoms with van der Waals surface area (Å²) in [7, 11) is 0. The van der Waals surface area contributed by atoms with Gasteiger partial charge in [0.1, 0.15) is 11.3 Å². The second kappa shape index (κ2) is 7.60. The van der Waals surface area contributed by atoms with Crippen molar-refractivity contribution in [1.82, 2.24) is 19.9 Å². The summed E-state index contributed by atoms with van der Waals surface area (Å²) in [5.41, 5.74) is 0.960. The summed E-state index contributed by atoms with van der Waals surface area (Å²) < 4.78 is 1.36. The summed E-state index contributed by atoms with van der Waals surface area (Å²) in [6.07, 6.45) is 5.79. The van der Waals surface area contributed by atoms with Crippen LogP contribution >= 0.6 is 0 Å². The number of hydrogen-bond acceptors (Lipinski definition) is 8. The normalized spacial score (nSPS) is 19.8. The highest BCUT2D eigenvalue weighted by molar-refractivity contribution is 6.12. The van der Waals surface area contributed by atoms with Gasteiger partial charge in [-0.15, -0.1) is 0 Å². The van der Waals surface area contributed by atoms with E-state index in [0.717, 1.165) is 42.9 Å². The van der Waals surface area contributed by atoms with Gasteiger partial charge in [-0.05, 0) is 43.4 Å². The molecule has 3 saturated carbocycles. The van der Waals surface area contributed by atoms with Gasteiger partial charge >= 0.3 is 5.69 Å². The Morgan fingerprint density at radius 1 is 1.08 bits per heavy atom. The first-order chi connectivity index (χ1) is 17.2. The number of phenolic OH excluding ortho intramolecular Hbond substituents is 2. The van der Waals surface area contributed by atoms with Gasteiger partial charge in [-0.3, -0.25) is 19.7 Å². The van der Waals surface area contributed by atoms with E-state index >= 15 is 0 Å². The number of nitrogens with zero attached hydrogens (tertiary/aromatic N) is 4. The van der Waals surface area contributed by atoms with Gasteiger partial charge in [-0.2, -0.15) is 5.10 Å². The van der Waals surface area contributed by atoms with Crippen LogP contribution in [-0.2, 0) is 0 Å². The molecule has 11 heteroatoms. The minimum atomic E-state index is -0.926. The van der Waals surface area contributed by atoms with Gasteiger partial charge in [-0.25, -0.2) is 9.50 Å². The summed E-state index contributed by atoms with van der Waals surface area (Å²) in [4.78, 5) is 40.0. The number of amides is 1. The monoisotopic (exact) mass is 485 g/mol. The van der Waals surface area contributed by atoms with Crippen molar-refractivity contribution in [2.45, 2.75) is 24.8 Å². The lowest BCUT2D eigenvalue weighted by Crippen LogP contribution is -2.68. The molecule has 0 aliphatic heterocycles. The zero-order valence-electron chi connectivity index (χ0n) is 18.7. The number of rotatable bonds is 6. The highest BCUT2D eigenvalue weighted by Crippen LogP contribution is 2.57. The Kier molecular flexibility index (Phi) is 4.59. The number of carbonyl (C=O) groups is 2. The van der Waals surface area contributed by atoms with Crippen LogP contribution in [0.15, 0.2) is 54.9 Å². The Morgan fingerprint density at radius 2 is 1.81 bits per heavy atom. The third kappa shape index (κ3) is 3.35. The van der Waals surface area contributed by atoms with Crippen LogP contribution in [0.2, 0.25) is 0 Å². The summed E-state index contributed by atoms with van der Waals surface area (Å²) in [6, 6.07) is 10.6. The third-order valence-electron chi connectivity index (χ3n) is 6.99. The smallest absolute Gasteiger partial charge is 0.311 e. The highest BCUT2D eigenvalue weighted by atomic mass is 16.6. The van der Waals surface area contributed by atoms with E-state index in [9.17, 15) is 29.9 Å². The molecule has 3 N–H and O–H groups in total. The topological polar surface area (TPSA) is 160 Å². The summed E-state index contributed by atoms with van der Waals surface area (Å²) in [5, 5.41) is 38.9. The molecule has 3 aliphatic rings. The van der Waals surface area contributed by atoms with Crippen LogP contribution < -0.4 is 5.32 Å². The van der Waals surface area contributed by atoms with Gasteiger partial charge in [0.2, 0.25) is 11.5 Å². The Balaban J connectivity index is 1.26. The summed E-state index contributed by atoms with van der Waals surface area (Å²) >= 11 is 0. The van der Waals surface area contributed by atoms with E-state index in [-0.39, 0.29) is 17.0 Å². The fourth-order valence-electron chi connectivity index (χ4n) is 4.96. The molecule has 180 valence electrons. The predicted molar refractivity (Wildman–Crippen MR) is 126 cm³/mol. The highest BCUT2D eigenvalue weighted by Gasteiger charge is 2.57. The molecule has 4 aromatic rings. The van der Waals surface area contributed by atoms with Gasteiger partial charge in [0.25, 0.3) is 5.91 Å². The average Bonchev–Trinajstić information content (AvgIpc) is 3.23. The van der Waals surface area contributed by atoms with Crippen molar-refractivity contribution in [3.63, 3.8) is 0 Å². The quantitative estimate of drug-likeness (QED) is 0.213. The number of nitro benzene ring substituents is 1. The number of benzene rings is 2. The maximum atomic E-state index is 13.0. The van der Waals surface area contributed by atoms with Gasteiger partial charge in [0.15, 0.2) is 5.65 Å². The lowest BCUT2D eigenvalue weighted by Gasteiger charge is -2.61. The van der Waals surface area contributed by atoms with E-state index in [1.54, 1.807) is 30.3 Å². The number of hydrogen-bond donors (Lipinski definition) is 3. The Labute approximate surface area is 203 Å². The zero-order chi connectivity index (χ0) is 25.2. The lowest BCUT2D eigenvalue weighted by molar-refractivity contribution is -0.385. The molecule has 2 aromatic heterocycles. The van der Waals surface area contributed by atoms with E-state index in [4.69, 9.17) is 0 Å². The SMILES string of the molecule is O=C(NC12CC(C1)C2)c1ccc(-c2cc3ncc(C(=O)c4c(O)ccc([N+](=O)[O-])c4O)cn3n2)cc1. The van der Waals surface area contributed by atoms with Crippen molar-refractivity contribution in [3.05, 3.63) is 81.7 Å². The molecule has 0 saturated heterocycles. The number of fused-ring (bicyclic) bond motifs is 1. The number of aromatic nitrogens is 3. The van der Waals surface area contributed by atoms with E-state index in [1.165, 1.54) is 16.9 Å². The van der Waals surface area contributed by atoms with Crippen molar-refractivity contribution in [2.24, 2.45) is 5.92 Å². The molecule has 0 spiro atoms. The summed E-state index contributed by atoms with van der Waals surface area (Å²) in [5.74, 6) is -1.69. The Morgan fingerprint density at radius 3 is 2.44 bits per heavy atom. The van der Waals surface area contributed by atoms with Crippen LogP contribution in [0.1, 0.15) is 45.5 Å². The van der Waals surface area contributed by atoms with Crippen molar-refractivity contribution < 1.29 is 24.7 Å². The fraction of sp³-hybridized carbons (Fsp3) is 0.200. The molecule has 36 heavy (non-hydrogen) atoms. The van der Waals surface area contributed by atoms with Gasteiger partial charge in [0.05, 0.1) is 16.2 Å². The molecule has 7 rings (SSSR count). The number of ketones is 1. The maximum absolute atomic E-state index is 13.0. The molecule has 3 aliphatic carbocycles. The number of phenols is 2. The van der Waals surface area contributed by atoms with Gasteiger partial charge < -0.3 is 15.5 Å². The molecule has 0 unspecified atom stereocenters. The molecule has 11 nitrogen and oxygen atoms in total. The Hall–Kier alpha value is -4.80. The van der Waals surface area contributed by atoms with E-state index in [1.807, 2.05) is 0 Å². The van der Waals surface area contributed by atoms with Crippen LogP contribution in [0.3, 0.4) is 0 Å². The van der Waals surface area contributed by atoms with E-state index in [2.05, 4.69) is 15.4 Å². The summed E-state index contributed by atoms with van der Waals surface area (Å²) in [6.45, 7) is 0. The molecule has 1 amide bonds. The van der Waals surface area contributed by atoms with Crippen LogP contribution in [-0.4, -0.2) is 47.0 Å². The lowest BCUT2D eigenvalue weighted by atomic mass is 9.50. The van der Waals surface area contributed by atoms with Crippen molar-refractivity contribution in [1.29, 1.82) is 0 Å². The van der Waals surface area contributed by atoms with Crippen LogP contribution in [0.4, 0.5) is 5.69 Å². The maximum Gasteiger partial charge on any atom is 0.311 e. The number of aromatic hydroxyl groups is 2. The first-order valence-electron chi connectivity index (χ1n) is 11.3. The standard InChI is InChI=1S/C25H19N5O6/c31-19-6-5-18(30(35)36)23(33)21(19)22(32)16-11-26-20-7-17(28-29(20)12-16)14-1-3-15(4-2-14)24(34)27-25-8-13(9-25)10-25/h1-7,11-13,31,33H,8-10H2,(H,27,34). The Bertz CT molecular complexity index is 1580. The molecule has 0 radical (unpaired) electrons. The second-order valence-electron chi connectivity index (χ2n) is 9.38. The van der Waals surface area contributed by atoms with Crippen molar-refractivity contribution in [3.8, 4) is 22.8 Å². The predicted octanol–water partition coefficient (Wildman–Crippen LogP) is 3.23. The van der Waals surface area contributed by atoms with Crippen LogP contribution in [0.5, 0.6) is 11.5 Å². The molecular weight excluding hydrogens is 466 g/mol. The molecule has 2 heterocycles. The van der Waals surface area contributed by atoms with Crippen molar-refractivity contribution >= 4 is 23.0 Å². The molecular formula is C25H19N5O6. The fourth-order valence-corrected chi connectivity index (χ4v) is 4.96. The minimum Gasteiger partial charge on any atom is -0.507 e. The largest absolute Gasteiger partial charge is 0.507 e. The second-order valence-corrected chi connectivity index (χ2v) is 9.38. The number of nitrogens with one attached hydrogen (secondary N) is 1. The molecule has 2 bridgehead atoms. The molecule has 2 aromatic carbocycles. The van der Waals surface area contributed by atoms with Crippen molar-refractivity contribution in [2.75, 3.05) is 0 Å². The minimum absolute atomic E-state index is 0.00107. The molecule has 0 atom stereocenters. The zero-order valence-corrected chi connectivity index (χ0v) is 18.7.